The average molecular weight is 691 g/mol. The predicted octanol–water partition coefficient (Wildman–Crippen LogP) is 10.4. The van der Waals surface area contributed by atoms with E-state index < -0.39 is 0 Å². The molecule has 39 heavy (non-hydrogen) atoms. The van der Waals surface area contributed by atoms with E-state index in [4.69, 9.17) is 4.98 Å². The molecule has 0 N–H and O–H groups in total. The van der Waals surface area contributed by atoms with Crippen molar-refractivity contribution in [3.8, 4) is 22.4 Å². The van der Waals surface area contributed by atoms with Gasteiger partial charge in [0.2, 0.25) is 0 Å². The molecule has 0 fully saturated rings. The Hall–Kier alpha value is -2.80. The average Bonchev–Trinajstić information content (AvgIpc) is 2.86. The van der Waals surface area contributed by atoms with Crippen molar-refractivity contribution >= 4 is 21.5 Å². The van der Waals surface area contributed by atoms with Crippen LogP contribution in [0.4, 0.5) is 0 Å². The fourth-order valence-corrected chi connectivity index (χ4v) is 5.04. The first-order valence-electron chi connectivity index (χ1n) is 13.7. The van der Waals surface area contributed by atoms with Gasteiger partial charge in [0, 0.05) is 26.3 Å². The largest absolute Gasteiger partial charge is 0.305 e. The zero-order chi connectivity index (χ0) is 27.5. The SMILES string of the molecule is CC(C)(C)c1cc(-c2ccnc(-c3[c-]cc4c(ccc5cc(C(C)(C)C)ccc54)c3)c2)cc(C(C)(C)C)c1.[Ir]. The van der Waals surface area contributed by atoms with E-state index in [0.29, 0.717) is 0 Å². The molecule has 0 spiro atoms. The van der Waals surface area contributed by atoms with Crippen molar-refractivity contribution in [2.24, 2.45) is 0 Å². The number of aromatic nitrogens is 1. The molecule has 1 radical (unpaired) electrons. The minimum atomic E-state index is 0. The number of nitrogens with zero attached hydrogens (tertiary/aromatic N) is 1. The van der Waals surface area contributed by atoms with Crippen molar-refractivity contribution in [2.45, 2.75) is 78.6 Å². The number of benzene rings is 4. The molecule has 1 heterocycles. The van der Waals surface area contributed by atoms with E-state index in [2.05, 4.69) is 141 Å². The van der Waals surface area contributed by atoms with Crippen LogP contribution in [0.3, 0.4) is 0 Å². The second kappa shape index (κ2) is 10.3. The van der Waals surface area contributed by atoms with Crippen LogP contribution in [0, 0.1) is 6.07 Å². The van der Waals surface area contributed by atoms with E-state index in [9.17, 15) is 0 Å². The Morgan fingerprint density at radius 2 is 1.13 bits per heavy atom. The zero-order valence-electron chi connectivity index (χ0n) is 24.8. The molecule has 4 aromatic carbocycles. The van der Waals surface area contributed by atoms with Crippen molar-refractivity contribution in [3.63, 3.8) is 0 Å². The van der Waals surface area contributed by atoms with Gasteiger partial charge in [0.05, 0.1) is 0 Å². The number of pyridine rings is 1. The van der Waals surface area contributed by atoms with E-state index in [-0.39, 0.29) is 36.4 Å². The molecule has 203 valence electrons. The molecule has 0 saturated heterocycles. The van der Waals surface area contributed by atoms with Crippen LogP contribution >= 0.6 is 0 Å². The van der Waals surface area contributed by atoms with Crippen LogP contribution in [0.1, 0.15) is 79.0 Å². The first-order chi connectivity index (χ1) is 17.7. The molecule has 0 aliphatic rings. The third kappa shape index (κ3) is 6.03. The molecule has 0 unspecified atom stereocenters. The quantitative estimate of drug-likeness (QED) is 0.133. The van der Waals surface area contributed by atoms with Gasteiger partial charge in [-0.25, -0.2) is 0 Å². The van der Waals surface area contributed by atoms with E-state index in [1.165, 1.54) is 49.4 Å². The van der Waals surface area contributed by atoms with Crippen molar-refractivity contribution in [3.05, 3.63) is 102 Å². The molecule has 0 bridgehead atoms. The Labute approximate surface area is 248 Å². The van der Waals surface area contributed by atoms with Gasteiger partial charge in [0.25, 0.3) is 0 Å². The first kappa shape index (κ1) is 29.2. The molecular formula is C37H40IrN-. The van der Waals surface area contributed by atoms with Crippen LogP contribution in [0.15, 0.2) is 79.0 Å². The van der Waals surface area contributed by atoms with Gasteiger partial charge in [-0.2, -0.15) is 0 Å². The van der Waals surface area contributed by atoms with E-state index >= 15 is 0 Å². The maximum Gasteiger partial charge on any atom is 0.0166 e. The summed E-state index contributed by atoms with van der Waals surface area (Å²) >= 11 is 0. The maximum atomic E-state index is 4.75. The van der Waals surface area contributed by atoms with Gasteiger partial charge in [0.15, 0.2) is 0 Å². The standard InChI is InChI=1S/C37H40N.Ir/c1-35(2,3)29-13-15-33-26(19-29)11-10-25-18-27(12-14-32(25)33)34-22-24(16-17-38-34)28-20-30(36(4,5)6)23-31(21-28)37(7,8)9;/h10-11,13-23H,1-9H3;/q-1;. The van der Waals surface area contributed by atoms with Crippen LogP contribution in [-0.2, 0) is 36.4 Å². The molecule has 0 saturated carbocycles. The summed E-state index contributed by atoms with van der Waals surface area (Å²) in [5.74, 6) is 0. The van der Waals surface area contributed by atoms with Crippen molar-refractivity contribution in [1.82, 2.24) is 4.98 Å². The van der Waals surface area contributed by atoms with Crippen LogP contribution in [0.2, 0.25) is 0 Å². The third-order valence-corrected chi connectivity index (χ3v) is 7.67. The normalized spacial score (nSPS) is 12.5. The first-order valence-corrected chi connectivity index (χ1v) is 13.7. The molecule has 1 aromatic heterocycles. The second-order valence-corrected chi connectivity index (χ2v) is 13.8. The minimum Gasteiger partial charge on any atom is -0.305 e. The molecule has 2 heteroatoms. The van der Waals surface area contributed by atoms with Gasteiger partial charge in [-0.15, -0.1) is 29.1 Å². The summed E-state index contributed by atoms with van der Waals surface area (Å²) in [6.07, 6.45) is 1.93. The summed E-state index contributed by atoms with van der Waals surface area (Å²) < 4.78 is 0. The summed E-state index contributed by atoms with van der Waals surface area (Å²) in [5.41, 5.74) is 8.77. The third-order valence-electron chi connectivity index (χ3n) is 7.67. The smallest absolute Gasteiger partial charge is 0.0166 e. The van der Waals surface area contributed by atoms with Crippen LogP contribution in [0.25, 0.3) is 43.9 Å². The summed E-state index contributed by atoms with van der Waals surface area (Å²) in [6.45, 7) is 20.5. The zero-order valence-corrected chi connectivity index (χ0v) is 27.2. The van der Waals surface area contributed by atoms with Gasteiger partial charge in [-0.1, -0.05) is 128 Å². The van der Waals surface area contributed by atoms with Gasteiger partial charge < -0.3 is 4.98 Å². The van der Waals surface area contributed by atoms with Gasteiger partial charge in [-0.3, -0.25) is 0 Å². The molecule has 1 nitrogen and oxygen atoms in total. The molecular weight excluding hydrogens is 651 g/mol. The van der Waals surface area contributed by atoms with Crippen LogP contribution in [0.5, 0.6) is 0 Å². The Balaban J connectivity index is 0.00000353. The van der Waals surface area contributed by atoms with Crippen LogP contribution in [-0.4, -0.2) is 4.98 Å². The summed E-state index contributed by atoms with van der Waals surface area (Å²) in [4.78, 5) is 4.75. The molecule has 0 atom stereocenters. The Kier molecular flexibility index (Phi) is 7.71. The Morgan fingerprint density at radius 1 is 0.538 bits per heavy atom. The minimum absolute atomic E-state index is 0. The molecule has 0 aliphatic heterocycles. The second-order valence-electron chi connectivity index (χ2n) is 13.8. The van der Waals surface area contributed by atoms with Gasteiger partial charge >= 0.3 is 0 Å². The summed E-state index contributed by atoms with van der Waals surface area (Å²) in [6, 6.07) is 30.6. The van der Waals surface area contributed by atoms with E-state index in [1.54, 1.807) is 0 Å². The number of hydrogen-bond acceptors (Lipinski definition) is 1. The molecule has 0 amide bonds. The van der Waals surface area contributed by atoms with Gasteiger partial charge in [-0.05, 0) is 61.2 Å². The van der Waals surface area contributed by atoms with Gasteiger partial charge in [0.1, 0.15) is 0 Å². The van der Waals surface area contributed by atoms with Crippen molar-refractivity contribution < 1.29 is 20.1 Å². The summed E-state index contributed by atoms with van der Waals surface area (Å²) in [7, 11) is 0. The number of fused-ring (bicyclic) bond motifs is 3. The summed E-state index contributed by atoms with van der Waals surface area (Å²) in [5, 5.41) is 5.00. The Bertz CT molecular complexity index is 1620. The molecule has 0 aliphatic carbocycles. The van der Waals surface area contributed by atoms with Crippen molar-refractivity contribution in [2.75, 3.05) is 0 Å². The Morgan fingerprint density at radius 3 is 1.72 bits per heavy atom. The van der Waals surface area contributed by atoms with Crippen LogP contribution < -0.4 is 0 Å². The predicted molar refractivity (Wildman–Crippen MR) is 165 cm³/mol. The fraction of sp³-hybridized carbons (Fsp3) is 0.324. The topological polar surface area (TPSA) is 12.9 Å². The number of rotatable bonds is 2. The molecule has 5 rings (SSSR count). The fourth-order valence-electron chi connectivity index (χ4n) is 5.04. The van der Waals surface area contributed by atoms with E-state index in [0.717, 1.165) is 11.3 Å². The van der Waals surface area contributed by atoms with Crippen molar-refractivity contribution in [1.29, 1.82) is 0 Å². The number of hydrogen-bond donors (Lipinski definition) is 0. The monoisotopic (exact) mass is 691 g/mol. The maximum absolute atomic E-state index is 4.75. The molecule has 5 aromatic rings. The van der Waals surface area contributed by atoms with E-state index in [1.807, 2.05) is 6.20 Å².